The smallest absolute Gasteiger partial charge is 0.410 e. The minimum atomic E-state index is -0.604. The number of nitriles is 1. The predicted octanol–water partition coefficient (Wildman–Crippen LogP) is 3.00. The molecule has 1 atom stereocenters. The summed E-state index contributed by atoms with van der Waals surface area (Å²) in [6.45, 7) is 7.43. The Balaban J connectivity index is 1.68. The zero-order valence-corrected chi connectivity index (χ0v) is 18.1. The first-order chi connectivity index (χ1) is 14.8. The van der Waals surface area contributed by atoms with Crippen LogP contribution in [0.4, 0.5) is 10.6 Å². The molecule has 3 heterocycles. The Morgan fingerprint density at radius 3 is 2.94 bits per heavy atom. The average Bonchev–Trinajstić information content (AvgIpc) is 2.72. The first-order valence-corrected chi connectivity index (χ1v) is 10.5. The molecule has 0 bridgehead atoms. The van der Waals surface area contributed by atoms with E-state index in [-0.39, 0.29) is 18.2 Å². The number of aromatic nitrogens is 2. The standard InChI is InChI=1S/C22H27N5O4/c1-22(2,3)31-21(29)27-9-8-26(12-14(27)6-7-23)20-18-16(24-13-25-20)11-17(28)15-5-4-10-30-19(15)18/h11,13-14,28H,4-6,8-10,12H2,1-3H3/t14-/m0/s1. The molecule has 1 fully saturated rings. The van der Waals surface area contributed by atoms with Crippen molar-refractivity contribution in [3.8, 4) is 17.6 Å². The highest BCUT2D eigenvalue weighted by atomic mass is 16.6. The lowest BCUT2D eigenvalue weighted by atomic mass is 10.0. The lowest BCUT2D eigenvalue weighted by Crippen LogP contribution is -2.56. The second-order valence-corrected chi connectivity index (χ2v) is 8.88. The van der Waals surface area contributed by atoms with E-state index in [2.05, 4.69) is 20.9 Å². The molecule has 1 saturated heterocycles. The fourth-order valence-electron chi connectivity index (χ4n) is 4.15. The largest absolute Gasteiger partial charge is 0.507 e. The molecule has 2 aliphatic heterocycles. The average molecular weight is 425 g/mol. The molecule has 9 nitrogen and oxygen atoms in total. The van der Waals surface area contributed by atoms with Gasteiger partial charge < -0.3 is 24.4 Å². The van der Waals surface area contributed by atoms with Crippen molar-refractivity contribution in [1.82, 2.24) is 14.9 Å². The minimum Gasteiger partial charge on any atom is -0.507 e. The maximum Gasteiger partial charge on any atom is 0.410 e. The molecular formula is C22H27N5O4. The van der Waals surface area contributed by atoms with Crippen molar-refractivity contribution in [2.75, 3.05) is 31.1 Å². The fourth-order valence-corrected chi connectivity index (χ4v) is 4.15. The maximum atomic E-state index is 12.7. The number of amides is 1. The van der Waals surface area contributed by atoms with Crippen LogP contribution in [0, 0.1) is 11.3 Å². The quantitative estimate of drug-likeness (QED) is 0.781. The summed E-state index contributed by atoms with van der Waals surface area (Å²) in [6.07, 6.45) is 2.81. The van der Waals surface area contributed by atoms with Gasteiger partial charge in [0.1, 0.15) is 29.2 Å². The Morgan fingerprint density at radius 2 is 2.19 bits per heavy atom. The molecule has 9 heteroatoms. The van der Waals surface area contributed by atoms with E-state index in [4.69, 9.17) is 9.47 Å². The van der Waals surface area contributed by atoms with Crippen LogP contribution in [0.5, 0.6) is 11.5 Å². The Morgan fingerprint density at radius 1 is 1.39 bits per heavy atom. The molecule has 1 aromatic heterocycles. The molecule has 0 unspecified atom stereocenters. The molecule has 4 rings (SSSR count). The van der Waals surface area contributed by atoms with E-state index in [0.717, 1.165) is 23.8 Å². The minimum absolute atomic E-state index is 0.184. The number of ether oxygens (including phenoxy) is 2. The molecule has 164 valence electrons. The Hall–Kier alpha value is -3.28. The number of carbonyl (C=O) groups is 1. The van der Waals surface area contributed by atoms with E-state index in [0.29, 0.717) is 43.3 Å². The van der Waals surface area contributed by atoms with Gasteiger partial charge in [0.25, 0.3) is 0 Å². The Kier molecular flexibility index (Phi) is 5.48. The van der Waals surface area contributed by atoms with Crippen LogP contribution in [0.2, 0.25) is 0 Å². The van der Waals surface area contributed by atoms with Crippen molar-refractivity contribution in [2.24, 2.45) is 0 Å². The molecule has 0 radical (unpaired) electrons. The Labute approximate surface area is 181 Å². The van der Waals surface area contributed by atoms with Crippen molar-refractivity contribution >= 4 is 22.8 Å². The lowest BCUT2D eigenvalue weighted by Gasteiger charge is -2.41. The number of piperazine rings is 1. The number of benzene rings is 1. The normalized spacial score (nSPS) is 18.8. The molecular weight excluding hydrogens is 398 g/mol. The van der Waals surface area contributed by atoms with Crippen molar-refractivity contribution in [3.63, 3.8) is 0 Å². The highest BCUT2D eigenvalue weighted by Crippen LogP contribution is 2.42. The van der Waals surface area contributed by atoms with Gasteiger partial charge in [0.2, 0.25) is 0 Å². The van der Waals surface area contributed by atoms with Crippen LogP contribution in [-0.2, 0) is 11.2 Å². The van der Waals surface area contributed by atoms with Crippen molar-refractivity contribution in [2.45, 2.75) is 51.7 Å². The first kappa shape index (κ1) is 21.0. The van der Waals surface area contributed by atoms with Gasteiger partial charge in [0, 0.05) is 31.3 Å². The number of fused-ring (bicyclic) bond motifs is 3. The lowest BCUT2D eigenvalue weighted by molar-refractivity contribution is 0.0145. The van der Waals surface area contributed by atoms with Crippen LogP contribution < -0.4 is 9.64 Å². The van der Waals surface area contributed by atoms with E-state index in [1.165, 1.54) is 6.33 Å². The molecule has 0 spiro atoms. The molecule has 2 aliphatic rings. The number of phenolic OH excluding ortho intramolecular Hbond substituents is 1. The van der Waals surface area contributed by atoms with E-state index in [9.17, 15) is 15.2 Å². The van der Waals surface area contributed by atoms with Crippen molar-refractivity contribution < 1.29 is 19.4 Å². The number of hydrogen-bond acceptors (Lipinski definition) is 8. The molecule has 2 aromatic rings. The Bertz CT molecular complexity index is 1040. The van der Waals surface area contributed by atoms with E-state index >= 15 is 0 Å². The van der Waals surface area contributed by atoms with E-state index in [1.807, 2.05) is 20.8 Å². The topological polar surface area (TPSA) is 112 Å². The SMILES string of the molecule is CC(C)(C)OC(=O)N1CCN(c2ncnc3cc(O)c4c(c23)OCCC4)C[C@@H]1CC#N. The van der Waals surface area contributed by atoms with Gasteiger partial charge >= 0.3 is 6.09 Å². The number of phenols is 1. The summed E-state index contributed by atoms with van der Waals surface area (Å²) in [4.78, 5) is 25.2. The molecule has 1 N–H and O–H groups in total. The number of hydrogen-bond donors (Lipinski definition) is 1. The van der Waals surface area contributed by atoms with Gasteiger partial charge in [-0.2, -0.15) is 5.26 Å². The van der Waals surface area contributed by atoms with Gasteiger partial charge in [-0.1, -0.05) is 0 Å². The summed E-state index contributed by atoms with van der Waals surface area (Å²) in [6, 6.07) is 3.51. The summed E-state index contributed by atoms with van der Waals surface area (Å²) < 4.78 is 11.5. The molecule has 31 heavy (non-hydrogen) atoms. The summed E-state index contributed by atoms with van der Waals surface area (Å²) in [5.41, 5.74) is 0.775. The third-order valence-electron chi connectivity index (χ3n) is 5.50. The number of nitrogens with zero attached hydrogens (tertiary/aromatic N) is 5. The van der Waals surface area contributed by atoms with E-state index < -0.39 is 11.7 Å². The van der Waals surface area contributed by atoms with Crippen LogP contribution in [-0.4, -0.2) is 64.0 Å². The van der Waals surface area contributed by atoms with Gasteiger partial charge in [0.15, 0.2) is 0 Å². The second-order valence-electron chi connectivity index (χ2n) is 8.88. The van der Waals surface area contributed by atoms with Crippen LogP contribution in [0.1, 0.15) is 39.2 Å². The molecule has 0 aliphatic carbocycles. The highest BCUT2D eigenvalue weighted by Gasteiger charge is 2.35. The second kappa shape index (κ2) is 8.10. The maximum absolute atomic E-state index is 12.7. The monoisotopic (exact) mass is 425 g/mol. The van der Waals surface area contributed by atoms with Gasteiger partial charge in [-0.15, -0.1) is 0 Å². The summed E-state index contributed by atoms with van der Waals surface area (Å²) in [7, 11) is 0. The van der Waals surface area contributed by atoms with Gasteiger partial charge in [-0.3, -0.25) is 0 Å². The summed E-state index contributed by atoms with van der Waals surface area (Å²) >= 11 is 0. The fraction of sp³-hybridized carbons (Fsp3) is 0.545. The third kappa shape index (κ3) is 4.15. The molecule has 0 saturated carbocycles. The number of aromatic hydroxyl groups is 1. The number of rotatable bonds is 2. The predicted molar refractivity (Wildman–Crippen MR) is 114 cm³/mol. The number of carbonyl (C=O) groups excluding carboxylic acids is 1. The van der Waals surface area contributed by atoms with Gasteiger partial charge in [0.05, 0.1) is 36.0 Å². The molecule has 1 amide bonds. The third-order valence-corrected chi connectivity index (χ3v) is 5.50. The van der Waals surface area contributed by atoms with Gasteiger partial charge in [-0.05, 0) is 33.6 Å². The van der Waals surface area contributed by atoms with E-state index in [1.54, 1.807) is 11.0 Å². The summed E-state index contributed by atoms with van der Waals surface area (Å²) in [5.74, 6) is 1.50. The number of anilines is 1. The zero-order chi connectivity index (χ0) is 22.2. The van der Waals surface area contributed by atoms with Gasteiger partial charge in [-0.25, -0.2) is 14.8 Å². The highest BCUT2D eigenvalue weighted by molar-refractivity contribution is 5.97. The van der Waals surface area contributed by atoms with Crippen LogP contribution >= 0.6 is 0 Å². The van der Waals surface area contributed by atoms with Crippen molar-refractivity contribution in [3.05, 3.63) is 18.0 Å². The summed E-state index contributed by atoms with van der Waals surface area (Å²) in [5, 5.41) is 20.5. The first-order valence-electron chi connectivity index (χ1n) is 10.5. The van der Waals surface area contributed by atoms with Crippen LogP contribution in [0.15, 0.2) is 12.4 Å². The van der Waals surface area contributed by atoms with Crippen LogP contribution in [0.3, 0.4) is 0 Å². The zero-order valence-electron chi connectivity index (χ0n) is 18.1. The van der Waals surface area contributed by atoms with Crippen LogP contribution in [0.25, 0.3) is 10.9 Å². The molecule has 1 aromatic carbocycles. The van der Waals surface area contributed by atoms with Crippen molar-refractivity contribution in [1.29, 1.82) is 5.26 Å².